The molecule has 0 aliphatic heterocycles. The maximum Gasteiger partial charge on any atom is 0.270 e. The Balaban J connectivity index is 1.43. The average molecular weight is 413 g/mol. The van der Waals surface area contributed by atoms with Crippen molar-refractivity contribution in [2.75, 3.05) is 20.2 Å². The zero-order valence-electron chi connectivity index (χ0n) is 15.8. The Morgan fingerprint density at radius 2 is 1.72 bits per heavy atom. The monoisotopic (exact) mass is 413 g/mol. The van der Waals surface area contributed by atoms with Gasteiger partial charge in [0.05, 0.1) is 13.5 Å². The summed E-state index contributed by atoms with van der Waals surface area (Å²) in [5, 5.41) is 7.88. The fourth-order valence-electron chi connectivity index (χ4n) is 2.56. The molecule has 0 saturated heterocycles. The van der Waals surface area contributed by atoms with Gasteiger partial charge in [0.1, 0.15) is 22.3 Å². The van der Waals surface area contributed by atoms with E-state index < -0.39 is 0 Å². The third-order valence-corrected chi connectivity index (χ3v) is 4.98. The Kier molecular flexibility index (Phi) is 6.91. The van der Waals surface area contributed by atoms with E-state index in [1.165, 1.54) is 23.5 Å². The molecule has 3 rings (SSSR count). The second kappa shape index (κ2) is 9.79. The van der Waals surface area contributed by atoms with Gasteiger partial charge >= 0.3 is 0 Å². The number of nitrogens with one attached hydrogen (secondary N) is 2. The molecule has 0 unspecified atom stereocenters. The van der Waals surface area contributed by atoms with Crippen LogP contribution in [0, 0.1) is 5.82 Å². The minimum absolute atomic E-state index is 0.158. The van der Waals surface area contributed by atoms with Crippen molar-refractivity contribution < 1.29 is 18.7 Å². The van der Waals surface area contributed by atoms with E-state index in [2.05, 4.69) is 15.6 Å². The van der Waals surface area contributed by atoms with Gasteiger partial charge in [0, 0.05) is 24.0 Å². The van der Waals surface area contributed by atoms with Gasteiger partial charge in [-0.25, -0.2) is 9.37 Å². The van der Waals surface area contributed by atoms with Gasteiger partial charge in [-0.3, -0.25) is 9.59 Å². The molecule has 1 aromatic heterocycles. The first-order valence-corrected chi connectivity index (χ1v) is 9.82. The third-order valence-electron chi connectivity index (χ3n) is 4.08. The maximum atomic E-state index is 12.9. The first-order valence-electron chi connectivity index (χ1n) is 8.94. The molecular formula is C21H20FN3O3S. The van der Waals surface area contributed by atoms with Gasteiger partial charge in [0.15, 0.2) is 0 Å². The number of halogens is 1. The van der Waals surface area contributed by atoms with Crippen LogP contribution in [0.4, 0.5) is 4.39 Å². The van der Waals surface area contributed by atoms with Crippen molar-refractivity contribution in [1.82, 2.24) is 15.6 Å². The van der Waals surface area contributed by atoms with Crippen LogP contribution in [0.15, 0.2) is 53.9 Å². The second-order valence-corrected chi connectivity index (χ2v) is 7.03. The van der Waals surface area contributed by atoms with Gasteiger partial charge in [0.2, 0.25) is 5.91 Å². The lowest BCUT2D eigenvalue weighted by Crippen LogP contribution is -2.35. The van der Waals surface area contributed by atoms with E-state index in [4.69, 9.17) is 4.74 Å². The number of rotatable bonds is 8. The van der Waals surface area contributed by atoms with Crippen LogP contribution in [0.2, 0.25) is 0 Å². The molecule has 0 aliphatic rings. The van der Waals surface area contributed by atoms with Crippen LogP contribution in [0.5, 0.6) is 5.75 Å². The number of benzene rings is 2. The van der Waals surface area contributed by atoms with Gasteiger partial charge < -0.3 is 15.4 Å². The van der Waals surface area contributed by atoms with Crippen molar-refractivity contribution in [3.05, 3.63) is 71.0 Å². The molecule has 0 bridgehead atoms. The molecule has 0 saturated carbocycles. The molecule has 8 heteroatoms. The number of nitrogens with zero attached hydrogens (tertiary/aromatic N) is 1. The van der Waals surface area contributed by atoms with Gasteiger partial charge in [0.25, 0.3) is 5.91 Å². The summed E-state index contributed by atoms with van der Waals surface area (Å²) in [4.78, 5) is 28.5. The lowest BCUT2D eigenvalue weighted by molar-refractivity contribution is -0.120. The average Bonchev–Trinajstić information content (AvgIpc) is 3.23. The predicted molar refractivity (Wildman–Crippen MR) is 110 cm³/mol. The second-order valence-electron chi connectivity index (χ2n) is 6.18. The van der Waals surface area contributed by atoms with Crippen LogP contribution in [0.1, 0.15) is 16.1 Å². The summed E-state index contributed by atoms with van der Waals surface area (Å²) in [5.74, 6) is -0.0751. The minimum Gasteiger partial charge on any atom is -0.497 e. The van der Waals surface area contributed by atoms with Crippen LogP contribution in [-0.2, 0) is 11.2 Å². The highest BCUT2D eigenvalue weighted by molar-refractivity contribution is 7.13. The molecule has 0 atom stereocenters. The number of methoxy groups -OCH3 is 1. The highest BCUT2D eigenvalue weighted by Crippen LogP contribution is 2.25. The lowest BCUT2D eigenvalue weighted by atomic mass is 10.1. The highest BCUT2D eigenvalue weighted by Gasteiger charge is 2.12. The van der Waals surface area contributed by atoms with Crippen molar-refractivity contribution in [2.24, 2.45) is 0 Å². The molecule has 0 radical (unpaired) electrons. The van der Waals surface area contributed by atoms with E-state index >= 15 is 0 Å². The fraction of sp³-hybridized carbons (Fsp3) is 0.190. The van der Waals surface area contributed by atoms with Crippen LogP contribution in [-0.4, -0.2) is 37.0 Å². The number of amides is 2. The Morgan fingerprint density at radius 3 is 2.41 bits per heavy atom. The summed E-state index contributed by atoms with van der Waals surface area (Å²) in [6.45, 7) is 0.574. The van der Waals surface area contributed by atoms with Crippen LogP contribution in [0.3, 0.4) is 0 Å². The number of carbonyl (C=O) groups excluding carboxylic acids is 2. The van der Waals surface area contributed by atoms with Gasteiger partial charge in [-0.05, 0) is 42.0 Å². The first kappa shape index (κ1) is 20.5. The molecule has 1 heterocycles. The summed E-state index contributed by atoms with van der Waals surface area (Å²) in [7, 11) is 1.60. The molecule has 0 fully saturated rings. The summed E-state index contributed by atoms with van der Waals surface area (Å²) < 4.78 is 18.0. The molecule has 0 aliphatic carbocycles. The largest absolute Gasteiger partial charge is 0.497 e. The highest BCUT2D eigenvalue weighted by atomic mass is 32.1. The number of thiazole rings is 1. The number of carbonyl (C=O) groups is 2. The molecule has 2 N–H and O–H groups in total. The predicted octanol–water partition coefficient (Wildman–Crippen LogP) is 3.05. The maximum absolute atomic E-state index is 12.9. The molecule has 2 amide bonds. The zero-order chi connectivity index (χ0) is 20.6. The first-order chi connectivity index (χ1) is 14.0. The number of aromatic nitrogens is 1. The van der Waals surface area contributed by atoms with Gasteiger partial charge in [-0.1, -0.05) is 12.1 Å². The molecule has 150 valence electrons. The summed E-state index contributed by atoms with van der Waals surface area (Å²) in [6.07, 6.45) is 0.158. The topological polar surface area (TPSA) is 80.3 Å². The summed E-state index contributed by atoms with van der Waals surface area (Å²) in [5.41, 5.74) is 1.96. The number of hydrogen-bond donors (Lipinski definition) is 2. The molecule has 3 aromatic rings. The summed E-state index contributed by atoms with van der Waals surface area (Å²) >= 11 is 1.38. The standard InChI is InChI=1S/C21H20FN3O3S/c1-28-17-8-4-15(5-9-17)21-25-18(13-29-21)20(27)24-11-10-23-19(26)12-14-2-6-16(22)7-3-14/h2-9,13H,10-12H2,1H3,(H,23,26)(H,24,27). The van der Waals surface area contributed by atoms with Crippen molar-refractivity contribution in [3.8, 4) is 16.3 Å². The Bertz CT molecular complexity index is 972. The number of hydrogen-bond acceptors (Lipinski definition) is 5. The van der Waals surface area contributed by atoms with E-state index in [1.807, 2.05) is 24.3 Å². The Morgan fingerprint density at radius 1 is 1.03 bits per heavy atom. The van der Waals surface area contributed by atoms with Crippen molar-refractivity contribution in [2.45, 2.75) is 6.42 Å². The van der Waals surface area contributed by atoms with Crippen molar-refractivity contribution >= 4 is 23.2 Å². The quantitative estimate of drug-likeness (QED) is 0.557. The molecular weight excluding hydrogens is 393 g/mol. The summed E-state index contributed by atoms with van der Waals surface area (Å²) in [6, 6.07) is 13.2. The molecule has 29 heavy (non-hydrogen) atoms. The van der Waals surface area contributed by atoms with E-state index in [-0.39, 0.29) is 30.6 Å². The lowest BCUT2D eigenvalue weighted by Gasteiger charge is -2.06. The van der Waals surface area contributed by atoms with Gasteiger partial charge in [-0.15, -0.1) is 11.3 Å². The normalized spacial score (nSPS) is 10.4. The van der Waals surface area contributed by atoms with Crippen LogP contribution < -0.4 is 15.4 Å². The minimum atomic E-state index is -0.339. The fourth-order valence-corrected chi connectivity index (χ4v) is 3.37. The van der Waals surface area contributed by atoms with E-state index in [9.17, 15) is 14.0 Å². The van der Waals surface area contributed by atoms with E-state index in [1.54, 1.807) is 24.6 Å². The van der Waals surface area contributed by atoms with Crippen molar-refractivity contribution in [3.63, 3.8) is 0 Å². The van der Waals surface area contributed by atoms with E-state index in [0.29, 0.717) is 12.2 Å². The van der Waals surface area contributed by atoms with Crippen LogP contribution >= 0.6 is 11.3 Å². The molecule has 6 nitrogen and oxygen atoms in total. The molecule has 2 aromatic carbocycles. The zero-order valence-corrected chi connectivity index (χ0v) is 16.6. The Labute approximate surface area is 171 Å². The SMILES string of the molecule is COc1ccc(-c2nc(C(=O)NCCNC(=O)Cc3ccc(F)cc3)cs2)cc1. The Hall–Kier alpha value is -3.26. The van der Waals surface area contributed by atoms with E-state index in [0.717, 1.165) is 21.9 Å². The van der Waals surface area contributed by atoms with Crippen molar-refractivity contribution in [1.29, 1.82) is 0 Å². The smallest absolute Gasteiger partial charge is 0.270 e. The van der Waals surface area contributed by atoms with Crippen LogP contribution in [0.25, 0.3) is 10.6 Å². The number of ether oxygens (including phenoxy) is 1. The van der Waals surface area contributed by atoms with Gasteiger partial charge in [-0.2, -0.15) is 0 Å². The third kappa shape index (κ3) is 5.86. The molecule has 0 spiro atoms.